The summed E-state index contributed by atoms with van der Waals surface area (Å²) < 4.78 is 11.0. The van der Waals surface area contributed by atoms with Crippen molar-refractivity contribution < 1.29 is 23.9 Å². The van der Waals surface area contributed by atoms with Gasteiger partial charge in [-0.3, -0.25) is 25.2 Å². The fourth-order valence-electron chi connectivity index (χ4n) is 2.29. The molecule has 1 atom stereocenters. The van der Waals surface area contributed by atoms with Gasteiger partial charge < -0.3 is 14.4 Å². The maximum absolute atomic E-state index is 12.0. The number of carbonyl (C=O) groups is 3. The van der Waals surface area contributed by atoms with E-state index in [1.54, 1.807) is 23.1 Å². The first-order valence-electron chi connectivity index (χ1n) is 7.52. The van der Waals surface area contributed by atoms with Gasteiger partial charge in [0.25, 0.3) is 11.1 Å². The smallest absolute Gasteiger partial charge is 0.283 e. The van der Waals surface area contributed by atoms with Crippen molar-refractivity contribution in [1.29, 1.82) is 0 Å². The number of benzene rings is 1. The van der Waals surface area contributed by atoms with Crippen molar-refractivity contribution in [3.05, 3.63) is 24.3 Å². The summed E-state index contributed by atoms with van der Waals surface area (Å²) in [6, 6.07) is 7.05. The van der Waals surface area contributed by atoms with Gasteiger partial charge in [-0.1, -0.05) is 23.9 Å². The first-order valence-corrected chi connectivity index (χ1v) is 8.51. The Balaban J connectivity index is 1.41. The Kier molecular flexibility index (Phi) is 5.09. The van der Waals surface area contributed by atoms with E-state index in [4.69, 9.17) is 9.47 Å². The maximum Gasteiger partial charge on any atom is 0.283 e. The normalized spacial score (nSPS) is 19.1. The zero-order valence-electron chi connectivity index (χ0n) is 12.8. The summed E-state index contributed by atoms with van der Waals surface area (Å²) in [5.74, 6) is 0.951. The molecule has 0 aliphatic carbocycles. The van der Waals surface area contributed by atoms with Gasteiger partial charge in [-0.05, 0) is 12.1 Å². The Morgan fingerprint density at radius 1 is 1.25 bits per heavy atom. The van der Waals surface area contributed by atoms with Crippen LogP contribution in [-0.2, 0) is 9.59 Å². The molecule has 24 heavy (non-hydrogen) atoms. The van der Waals surface area contributed by atoms with E-state index >= 15 is 0 Å². The number of hydrazine groups is 1. The molecule has 1 aromatic carbocycles. The summed E-state index contributed by atoms with van der Waals surface area (Å²) in [6.45, 7) is 1.05. The summed E-state index contributed by atoms with van der Waals surface area (Å²) in [5.41, 5.74) is 4.64. The highest BCUT2D eigenvalue weighted by Crippen LogP contribution is 2.30. The Morgan fingerprint density at radius 3 is 2.79 bits per heavy atom. The lowest BCUT2D eigenvalue weighted by Crippen LogP contribution is -2.51. The van der Waals surface area contributed by atoms with Crippen LogP contribution < -0.4 is 20.3 Å². The second kappa shape index (κ2) is 7.43. The molecule has 0 radical (unpaired) electrons. The monoisotopic (exact) mass is 351 g/mol. The first-order chi connectivity index (χ1) is 11.6. The quantitative estimate of drug-likeness (QED) is 0.768. The van der Waals surface area contributed by atoms with Crippen molar-refractivity contribution in [2.75, 3.05) is 25.4 Å². The summed E-state index contributed by atoms with van der Waals surface area (Å²) in [5, 5.41) is -0.0155. The lowest BCUT2D eigenvalue weighted by Gasteiger charge is -2.25. The molecule has 2 heterocycles. The molecule has 0 aromatic heterocycles. The van der Waals surface area contributed by atoms with Crippen LogP contribution in [0.1, 0.15) is 6.42 Å². The highest BCUT2D eigenvalue weighted by molar-refractivity contribution is 8.13. The van der Waals surface area contributed by atoms with Crippen molar-refractivity contribution in [1.82, 2.24) is 15.8 Å². The number of nitrogens with one attached hydrogen (secondary N) is 2. The summed E-state index contributed by atoms with van der Waals surface area (Å²) in [7, 11) is 0. The lowest BCUT2D eigenvalue weighted by molar-refractivity contribution is -0.135. The molecule has 3 rings (SSSR count). The first kappa shape index (κ1) is 16.4. The summed E-state index contributed by atoms with van der Waals surface area (Å²) in [6.07, 6.45) is -0.714. The number of hydrogen-bond donors (Lipinski definition) is 2. The van der Waals surface area contributed by atoms with Crippen molar-refractivity contribution in [2.45, 2.75) is 12.5 Å². The number of nitrogens with zero attached hydrogens (tertiary/aromatic N) is 1. The molecule has 0 spiro atoms. The van der Waals surface area contributed by atoms with Crippen LogP contribution in [0.25, 0.3) is 0 Å². The Labute approximate surface area is 142 Å². The third kappa shape index (κ3) is 3.91. The van der Waals surface area contributed by atoms with Crippen LogP contribution in [0.5, 0.6) is 11.5 Å². The Morgan fingerprint density at radius 2 is 2.04 bits per heavy atom. The third-order valence-electron chi connectivity index (χ3n) is 3.58. The molecule has 3 amide bonds. The molecular weight excluding hydrogens is 334 g/mol. The van der Waals surface area contributed by atoms with Crippen LogP contribution >= 0.6 is 11.8 Å². The number of amides is 3. The molecule has 2 aliphatic heterocycles. The Hall–Kier alpha value is -2.42. The zero-order valence-corrected chi connectivity index (χ0v) is 13.6. The van der Waals surface area contributed by atoms with Crippen molar-refractivity contribution in [3.63, 3.8) is 0 Å². The molecule has 0 saturated carbocycles. The third-order valence-corrected chi connectivity index (χ3v) is 4.47. The van der Waals surface area contributed by atoms with Gasteiger partial charge in [0.05, 0.1) is 0 Å². The zero-order chi connectivity index (χ0) is 16.9. The average Bonchev–Trinajstić information content (AvgIpc) is 3.02. The minimum absolute atomic E-state index is 0.0155. The molecule has 1 aromatic rings. The molecule has 8 nitrogen and oxygen atoms in total. The largest absolute Gasteiger partial charge is 0.485 e. The van der Waals surface area contributed by atoms with Crippen LogP contribution in [0.4, 0.5) is 4.79 Å². The molecule has 128 valence electrons. The average molecular weight is 351 g/mol. The van der Waals surface area contributed by atoms with Gasteiger partial charge >= 0.3 is 0 Å². The minimum atomic E-state index is -0.836. The fraction of sp³-hybridized carbons (Fsp3) is 0.400. The lowest BCUT2D eigenvalue weighted by atomic mass is 10.2. The molecule has 0 bridgehead atoms. The van der Waals surface area contributed by atoms with Crippen molar-refractivity contribution >= 4 is 28.8 Å². The molecular formula is C15H17N3O5S. The van der Waals surface area contributed by atoms with Crippen LogP contribution in [0, 0.1) is 0 Å². The molecule has 1 saturated heterocycles. The number of fused-ring (bicyclic) bond motifs is 1. The highest BCUT2D eigenvalue weighted by atomic mass is 32.2. The summed E-state index contributed by atoms with van der Waals surface area (Å²) in [4.78, 5) is 36.8. The number of ether oxygens (including phenoxy) is 2. The van der Waals surface area contributed by atoms with Gasteiger partial charge in [0, 0.05) is 25.3 Å². The van der Waals surface area contributed by atoms with Gasteiger partial charge in [0.2, 0.25) is 12.0 Å². The number of carbonyl (C=O) groups excluding carboxylic acids is 3. The van der Waals surface area contributed by atoms with Crippen molar-refractivity contribution in [2.24, 2.45) is 0 Å². The molecule has 1 fully saturated rings. The van der Waals surface area contributed by atoms with Gasteiger partial charge in [0.1, 0.15) is 6.61 Å². The predicted molar refractivity (Wildman–Crippen MR) is 86.7 cm³/mol. The van der Waals surface area contributed by atoms with E-state index in [0.717, 1.165) is 5.75 Å². The number of para-hydroxylation sites is 2. The second-order valence-electron chi connectivity index (χ2n) is 5.25. The topological polar surface area (TPSA) is 97.0 Å². The van der Waals surface area contributed by atoms with Crippen LogP contribution in [0.2, 0.25) is 0 Å². The number of rotatable bonds is 4. The van der Waals surface area contributed by atoms with Gasteiger partial charge in [-0.25, -0.2) is 0 Å². The molecule has 2 aliphatic rings. The van der Waals surface area contributed by atoms with E-state index in [1.165, 1.54) is 11.8 Å². The highest BCUT2D eigenvalue weighted by Gasteiger charge is 2.27. The molecule has 9 heteroatoms. The minimum Gasteiger partial charge on any atom is -0.485 e. The second-order valence-corrected chi connectivity index (χ2v) is 6.30. The van der Waals surface area contributed by atoms with Gasteiger partial charge in [-0.2, -0.15) is 0 Å². The van der Waals surface area contributed by atoms with Crippen LogP contribution in [-0.4, -0.2) is 53.5 Å². The SMILES string of the molecule is O=C(CCN1CCSC1=O)NNC(=O)C1COc2ccccc2O1. The Bertz CT molecular complexity index is 654. The summed E-state index contributed by atoms with van der Waals surface area (Å²) >= 11 is 1.24. The molecule has 1 unspecified atom stereocenters. The van der Waals surface area contributed by atoms with Crippen LogP contribution in [0.15, 0.2) is 24.3 Å². The standard InChI is InChI=1S/C15H17N3O5S/c19-13(5-6-18-7-8-24-15(18)21)16-17-14(20)12-9-22-10-3-1-2-4-11(10)23-12/h1-4,12H,5-9H2,(H,16,19)(H,17,20). The van der Waals surface area contributed by atoms with Gasteiger partial charge in [0.15, 0.2) is 11.5 Å². The fourth-order valence-corrected chi connectivity index (χ4v) is 3.14. The number of thioether (sulfide) groups is 1. The van der Waals surface area contributed by atoms with E-state index < -0.39 is 12.0 Å². The van der Waals surface area contributed by atoms with E-state index in [1.807, 2.05) is 6.07 Å². The van der Waals surface area contributed by atoms with Gasteiger partial charge in [-0.15, -0.1) is 0 Å². The maximum atomic E-state index is 12.0. The predicted octanol–water partition coefficient (Wildman–Crippen LogP) is 0.533. The van der Waals surface area contributed by atoms with Crippen molar-refractivity contribution in [3.8, 4) is 11.5 Å². The molecule has 2 N–H and O–H groups in total. The number of hydrogen-bond acceptors (Lipinski definition) is 6. The van der Waals surface area contributed by atoms with Crippen LogP contribution in [0.3, 0.4) is 0 Å². The van der Waals surface area contributed by atoms with E-state index in [2.05, 4.69) is 10.9 Å². The van der Waals surface area contributed by atoms with E-state index in [-0.39, 0.29) is 24.2 Å². The van der Waals surface area contributed by atoms with E-state index in [9.17, 15) is 14.4 Å². The van der Waals surface area contributed by atoms with E-state index in [0.29, 0.717) is 24.6 Å².